The third kappa shape index (κ3) is 9.92. The minimum atomic E-state index is 0.343. The average molecular weight is 381 g/mol. The number of oxime groups is 2. The number of rotatable bonds is 8. The topological polar surface area (TPSA) is 127 Å². The van der Waals surface area contributed by atoms with Gasteiger partial charge in [-0.05, 0) is 6.42 Å². The molecule has 0 fully saturated rings. The second kappa shape index (κ2) is 14.2. The summed E-state index contributed by atoms with van der Waals surface area (Å²) in [5.41, 5.74) is 0.718. The smallest absolute Gasteiger partial charge is 0.145 e. The molecule has 0 bridgehead atoms. The summed E-state index contributed by atoms with van der Waals surface area (Å²) in [5, 5.41) is 31.3. The zero-order valence-electron chi connectivity index (χ0n) is 17.0. The van der Waals surface area contributed by atoms with Gasteiger partial charge in [0.25, 0.3) is 0 Å². The minimum absolute atomic E-state index is 0.343. The highest BCUT2D eigenvalue weighted by Gasteiger charge is 2.03. The van der Waals surface area contributed by atoms with Gasteiger partial charge < -0.3 is 20.2 Å². The Kier molecular flexibility index (Phi) is 12.6. The van der Waals surface area contributed by atoms with E-state index in [-0.39, 0.29) is 0 Å². The number of aromatic nitrogens is 3. The van der Waals surface area contributed by atoms with Crippen LogP contribution in [0.3, 0.4) is 0 Å². The molecule has 0 unspecified atom stereocenters. The minimum Gasteiger partial charge on any atom is -0.411 e. The van der Waals surface area contributed by atoms with Crippen molar-refractivity contribution in [3.8, 4) is 0 Å². The number of hydrogen-bond donors (Lipinski definition) is 2. The average Bonchev–Trinajstić information content (AvgIpc) is 3.10. The molecular formula is C16H31N9O2. The van der Waals surface area contributed by atoms with Crippen molar-refractivity contribution in [2.45, 2.75) is 33.4 Å². The second-order valence-corrected chi connectivity index (χ2v) is 5.52. The Hall–Kier alpha value is -2.98. The Bertz CT molecular complexity index is 634. The van der Waals surface area contributed by atoms with Crippen molar-refractivity contribution in [1.82, 2.24) is 24.8 Å². The highest BCUT2D eigenvalue weighted by molar-refractivity contribution is 6.29. The van der Waals surface area contributed by atoms with Gasteiger partial charge in [-0.25, -0.2) is 0 Å². The van der Waals surface area contributed by atoms with E-state index in [1.807, 2.05) is 34.1 Å². The number of nitrogens with zero attached hydrogens (tertiary/aromatic N) is 9. The van der Waals surface area contributed by atoms with E-state index in [9.17, 15) is 0 Å². The monoisotopic (exact) mass is 381 g/mol. The lowest BCUT2D eigenvalue weighted by molar-refractivity contribution is 0.321. The van der Waals surface area contributed by atoms with E-state index in [0.29, 0.717) is 31.3 Å². The van der Waals surface area contributed by atoms with Crippen LogP contribution >= 0.6 is 0 Å². The molecular weight excluding hydrogens is 350 g/mol. The maximum absolute atomic E-state index is 8.61. The van der Waals surface area contributed by atoms with E-state index < -0.39 is 0 Å². The molecule has 11 nitrogen and oxygen atoms in total. The molecule has 0 spiro atoms. The van der Waals surface area contributed by atoms with Gasteiger partial charge in [0, 0.05) is 41.3 Å². The first-order chi connectivity index (χ1) is 13.0. The van der Waals surface area contributed by atoms with Crippen molar-refractivity contribution in [2.75, 3.05) is 34.7 Å². The number of aryl methyl sites for hydroxylation is 1. The molecule has 2 N–H and O–H groups in total. The van der Waals surface area contributed by atoms with Gasteiger partial charge in [0.2, 0.25) is 0 Å². The van der Waals surface area contributed by atoms with Crippen molar-refractivity contribution in [3.05, 3.63) is 11.9 Å². The highest BCUT2D eigenvalue weighted by Crippen LogP contribution is 1.99. The Labute approximate surface area is 160 Å². The van der Waals surface area contributed by atoms with Crippen molar-refractivity contribution in [1.29, 1.82) is 0 Å². The van der Waals surface area contributed by atoms with Crippen LogP contribution in [0.25, 0.3) is 0 Å². The number of hydrogen-bond acceptors (Lipinski definition) is 8. The second-order valence-electron chi connectivity index (χ2n) is 5.52. The molecule has 0 saturated carbocycles. The van der Waals surface area contributed by atoms with Crippen LogP contribution in [0, 0.1) is 0 Å². The zero-order chi connectivity index (χ0) is 20.7. The summed E-state index contributed by atoms with van der Waals surface area (Å²) in [6, 6.07) is 0. The molecule has 0 aromatic carbocycles. The molecule has 0 atom stereocenters. The summed E-state index contributed by atoms with van der Waals surface area (Å²) in [7, 11) is 7.27. The molecule has 0 aliphatic heterocycles. The molecule has 0 aliphatic carbocycles. The SMILES string of the molecule is CC.CN(C)C(/C=N/O)=NCCCn1cc(CN=C(/C=N/O)N(C)C)nn1. The molecule has 0 saturated heterocycles. The molecule has 152 valence electrons. The van der Waals surface area contributed by atoms with Crippen LogP contribution in [0.1, 0.15) is 26.0 Å². The maximum Gasteiger partial charge on any atom is 0.145 e. The standard InChI is InChI=1S/C14H25N9O2.C2H6/c1-21(2)13(9-17-24)15-6-5-7-23-11-12(19-20-23)8-16-14(10-18-25)22(3)4;1-2/h9-11,24-25H,5-8H2,1-4H3;1-2H3/b15-13?,16-14?,17-9+,18-10+;. The van der Waals surface area contributed by atoms with Crippen LogP contribution in [0.15, 0.2) is 26.5 Å². The lowest BCUT2D eigenvalue weighted by Crippen LogP contribution is -2.23. The predicted molar refractivity (Wildman–Crippen MR) is 107 cm³/mol. The fourth-order valence-corrected chi connectivity index (χ4v) is 1.81. The van der Waals surface area contributed by atoms with Gasteiger partial charge in [-0.3, -0.25) is 14.7 Å². The fourth-order valence-electron chi connectivity index (χ4n) is 1.81. The van der Waals surface area contributed by atoms with Crippen LogP contribution in [0.5, 0.6) is 0 Å². The van der Waals surface area contributed by atoms with Crippen LogP contribution in [-0.4, -0.2) is 94.0 Å². The molecule has 11 heteroatoms. The lowest BCUT2D eigenvalue weighted by atomic mass is 10.4. The van der Waals surface area contributed by atoms with E-state index in [2.05, 4.69) is 30.6 Å². The Morgan fingerprint density at radius 1 is 1.04 bits per heavy atom. The number of amidine groups is 2. The molecule has 27 heavy (non-hydrogen) atoms. The van der Waals surface area contributed by atoms with Gasteiger partial charge in [-0.1, -0.05) is 29.4 Å². The summed E-state index contributed by atoms with van der Waals surface area (Å²) >= 11 is 0. The lowest BCUT2D eigenvalue weighted by Gasteiger charge is -2.10. The summed E-state index contributed by atoms with van der Waals surface area (Å²) in [6.45, 7) is 5.58. The summed E-state index contributed by atoms with van der Waals surface area (Å²) in [6.07, 6.45) is 5.14. The van der Waals surface area contributed by atoms with Crippen LogP contribution in [0.4, 0.5) is 0 Å². The molecule has 1 aromatic rings. The zero-order valence-corrected chi connectivity index (χ0v) is 17.0. The van der Waals surface area contributed by atoms with Gasteiger partial charge >= 0.3 is 0 Å². The number of aliphatic imine (C=N–C) groups is 2. The molecule has 1 rings (SSSR count). The van der Waals surface area contributed by atoms with Crippen molar-refractivity contribution >= 4 is 24.1 Å². The van der Waals surface area contributed by atoms with E-state index in [4.69, 9.17) is 10.4 Å². The molecule has 1 aromatic heterocycles. The van der Waals surface area contributed by atoms with Gasteiger partial charge in [-0.2, -0.15) is 0 Å². The molecule has 1 heterocycles. The molecule has 0 radical (unpaired) electrons. The summed E-state index contributed by atoms with van der Waals surface area (Å²) in [5.74, 6) is 1.13. The van der Waals surface area contributed by atoms with Crippen LogP contribution in [-0.2, 0) is 13.1 Å². The van der Waals surface area contributed by atoms with Gasteiger partial charge in [0.1, 0.15) is 29.8 Å². The van der Waals surface area contributed by atoms with E-state index in [1.54, 1.807) is 28.6 Å². The quantitative estimate of drug-likeness (QED) is 0.228. The first-order valence-electron chi connectivity index (χ1n) is 8.65. The normalized spacial score (nSPS) is 12.4. The van der Waals surface area contributed by atoms with Crippen LogP contribution in [0.2, 0.25) is 0 Å². The van der Waals surface area contributed by atoms with Gasteiger partial charge in [0.05, 0.1) is 12.7 Å². The van der Waals surface area contributed by atoms with Gasteiger partial charge in [0.15, 0.2) is 0 Å². The fraction of sp³-hybridized carbons (Fsp3) is 0.625. The third-order valence-electron chi connectivity index (χ3n) is 3.07. The maximum atomic E-state index is 8.61. The van der Waals surface area contributed by atoms with Crippen molar-refractivity contribution in [3.63, 3.8) is 0 Å². The highest BCUT2D eigenvalue weighted by atomic mass is 16.4. The van der Waals surface area contributed by atoms with E-state index in [0.717, 1.165) is 12.1 Å². The Morgan fingerprint density at radius 3 is 2.11 bits per heavy atom. The van der Waals surface area contributed by atoms with Crippen molar-refractivity contribution < 1.29 is 10.4 Å². The third-order valence-corrected chi connectivity index (χ3v) is 3.07. The van der Waals surface area contributed by atoms with Crippen molar-refractivity contribution in [2.24, 2.45) is 20.3 Å². The van der Waals surface area contributed by atoms with E-state index in [1.165, 1.54) is 12.4 Å². The molecule has 0 amide bonds. The predicted octanol–water partition coefficient (Wildman–Crippen LogP) is 1.03. The van der Waals surface area contributed by atoms with Gasteiger partial charge in [-0.15, -0.1) is 5.10 Å². The Morgan fingerprint density at radius 2 is 1.59 bits per heavy atom. The van der Waals surface area contributed by atoms with E-state index >= 15 is 0 Å². The largest absolute Gasteiger partial charge is 0.411 e. The first-order valence-corrected chi connectivity index (χ1v) is 8.65. The van der Waals surface area contributed by atoms with Crippen LogP contribution < -0.4 is 0 Å². The summed E-state index contributed by atoms with van der Waals surface area (Å²) in [4.78, 5) is 12.2. The summed E-state index contributed by atoms with van der Waals surface area (Å²) < 4.78 is 1.73. The Balaban J connectivity index is 0.00000326. The first kappa shape index (κ1) is 24.0. The molecule has 0 aliphatic rings.